The molecule has 2 aliphatic rings. The summed E-state index contributed by atoms with van der Waals surface area (Å²) in [6, 6.07) is 8.10. The molecule has 1 saturated heterocycles. The van der Waals surface area contributed by atoms with Crippen LogP contribution in [0.25, 0.3) is 11.3 Å². The molecule has 3 aromatic rings. The molecule has 1 fully saturated rings. The molecule has 0 aliphatic carbocycles. The van der Waals surface area contributed by atoms with Gasteiger partial charge in [-0.05, 0) is 18.1 Å². The number of hydrogen-bond acceptors (Lipinski definition) is 5. The van der Waals surface area contributed by atoms with Gasteiger partial charge in [-0.25, -0.2) is 4.98 Å². The van der Waals surface area contributed by atoms with Crippen molar-refractivity contribution >= 4 is 17.4 Å². The fraction of sp³-hybridized carbons (Fsp3) is 0.222. The average molecular weight is 332 g/mol. The van der Waals surface area contributed by atoms with Crippen molar-refractivity contribution in [1.29, 1.82) is 0 Å². The summed E-state index contributed by atoms with van der Waals surface area (Å²) in [5, 5.41) is 10.1. The lowest BCUT2D eigenvalue weighted by atomic mass is 9.94. The number of amides is 1. The lowest BCUT2D eigenvalue weighted by Crippen LogP contribution is -2.45. The molecule has 5 rings (SSSR count). The molecule has 2 aliphatic heterocycles. The number of nitrogens with zero attached hydrogens (tertiary/aromatic N) is 4. The van der Waals surface area contributed by atoms with Crippen LogP contribution in [0.4, 0.5) is 11.5 Å². The van der Waals surface area contributed by atoms with Gasteiger partial charge in [-0.3, -0.25) is 19.8 Å². The largest absolute Gasteiger partial charge is 0.371 e. The predicted molar refractivity (Wildman–Crippen MR) is 93.1 cm³/mol. The zero-order chi connectivity index (χ0) is 16.9. The van der Waals surface area contributed by atoms with Crippen LogP contribution in [0.5, 0.6) is 0 Å². The Hall–Kier alpha value is -3.22. The highest BCUT2D eigenvalue weighted by atomic mass is 16.2. The van der Waals surface area contributed by atoms with E-state index in [0.29, 0.717) is 12.4 Å². The van der Waals surface area contributed by atoms with Gasteiger partial charge in [0.05, 0.1) is 24.3 Å². The SMILES string of the molecule is O=C1N(c2cnc(-c3cn[nH]c3)cn2)CCC12Cc1ccccc1N2. The molecule has 1 atom stereocenters. The van der Waals surface area contributed by atoms with Crippen molar-refractivity contribution in [3.8, 4) is 11.3 Å². The molecule has 2 aromatic heterocycles. The van der Waals surface area contributed by atoms with Crippen LogP contribution in [-0.4, -0.2) is 38.2 Å². The second-order valence-electron chi connectivity index (χ2n) is 6.49. The number of para-hydroxylation sites is 1. The van der Waals surface area contributed by atoms with Gasteiger partial charge >= 0.3 is 0 Å². The van der Waals surface area contributed by atoms with E-state index < -0.39 is 5.54 Å². The Balaban J connectivity index is 1.41. The molecule has 0 saturated carbocycles. The van der Waals surface area contributed by atoms with Crippen LogP contribution in [0, 0.1) is 0 Å². The molecule has 1 spiro atoms. The standard InChI is InChI=1S/C18H16N6O/c25-17-18(7-12-3-1-2-4-14(12)23-18)5-6-24(17)16-11-19-15(10-20-16)13-8-21-22-9-13/h1-4,8-11,23H,5-7H2,(H,21,22). The van der Waals surface area contributed by atoms with E-state index in [4.69, 9.17) is 0 Å². The Bertz CT molecular complexity index is 909. The van der Waals surface area contributed by atoms with Crippen molar-refractivity contribution in [3.05, 3.63) is 54.6 Å². The molecule has 1 unspecified atom stereocenters. The van der Waals surface area contributed by atoms with Gasteiger partial charge in [0.1, 0.15) is 5.54 Å². The second-order valence-corrected chi connectivity index (χ2v) is 6.49. The summed E-state index contributed by atoms with van der Waals surface area (Å²) in [4.78, 5) is 23.7. The molecule has 25 heavy (non-hydrogen) atoms. The van der Waals surface area contributed by atoms with Gasteiger partial charge in [0.2, 0.25) is 0 Å². The average Bonchev–Trinajstić information content (AvgIpc) is 3.36. The summed E-state index contributed by atoms with van der Waals surface area (Å²) in [7, 11) is 0. The summed E-state index contributed by atoms with van der Waals surface area (Å²) >= 11 is 0. The van der Waals surface area contributed by atoms with Crippen molar-refractivity contribution in [2.45, 2.75) is 18.4 Å². The number of fused-ring (bicyclic) bond motifs is 1. The van der Waals surface area contributed by atoms with Crippen LogP contribution in [0.1, 0.15) is 12.0 Å². The normalized spacial score (nSPS) is 21.6. The Kier molecular flexibility index (Phi) is 2.91. The lowest BCUT2D eigenvalue weighted by molar-refractivity contribution is -0.120. The maximum Gasteiger partial charge on any atom is 0.254 e. The number of rotatable bonds is 2. The Labute approximate surface area is 144 Å². The molecule has 1 amide bonds. The first-order chi connectivity index (χ1) is 12.3. The van der Waals surface area contributed by atoms with Crippen LogP contribution < -0.4 is 10.2 Å². The molecule has 7 heteroatoms. The molecule has 4 heterocycles. The topological polar surface area (TPSA) is 86.8 Å². The third-order valence-corrected chi connectivity index (χ3v) is 5.01. The maximum atomic E-state index is 13.1. The highest BCUT2D eigenvalue weighted by Gasteiger charge is 2.50. The van der Waals surface area contributed by atoms with Crippen molar-refractivity contribution in [2.24, 2.45) is 0 Å². The van der Waals surface area contributed by atoms with E-state index in [9.17, 15) is 4.79 Å². The van der Waals surface area contributed by atoms with Gasteiger partial charge in [-0.15, -0.1) is 0 Å². The molecule has 1 aromatic carbocycles. The van der Waals surface area contributed by atoms with Crippen molar-refractivity contribution < 1.29 is 4.79 Å². The Morgan fingerprint density at radius 3 is 2.80 bits per heavy atom. The minimum atomic E-state index is -0.547. The van der Waals surface area contributed by atoms with Crippen LogP contribution >= 0.6 is 0 Å². The third-order valence-electron chi connectivity index (χ3n) is 5.01. The molecular formula is C18H16N6O. The van der Waals surface area contributed by atoms with Crippen LogP contribution in [0.3, 0.4) is 0 Å². The van der Waals surface area contributed by atoms with Gasteiger partial charge in [0.15, 0.2) is 5.82 Å². The maximum absolute atomic E-state index is 13.1. The number of anilines is 2. The van der Waals surface area contributed by atoms with Gasteiger partial charge in [-0.2, -0.15) is 5.10 Å². The first-order valence-corrected chi connectivity index (χ1v) is 8.24. The Morgan fingerprint density at radius 2 is 2.04 bits per heavy atom. The van der Waals surface area contributed by atoms with Crippen LogP contribution in [0.15, 0.2) is 49.1 Å². The van der Waals surface area contributed by atoms with E-state index in [1.807, 2.05) is 18.2 Å². The summed E-state index contributed by atoms with van der Waals surface area (Å²) in [5.74, 6) is 0.654. The fourth-order valence-electron chi connectivity index (χ4n) is 3.69. The number of nitrogens with one attached hydrogen (secondary N) is 2. The van der Waals surface area contributed by atoms with Gasteiger partial charge in [0.25, 0.3) is 5.91 Å². The number of benzene rings is 1. The summed E-state index contributed by atoms with van der Waals surface area (Å²) in [6.07, 6.45) is 8.26. The molecule has 7 nitrogen and oxygen atoms in total. The minimum absolute atomic E-state index is 0.0639. The molecule has 124 valence electrons. The first kappa shape index (κ1) is 14.2. The number of carbonyl (C=O) groups is 1. The van der Waals surface area contributed by atoms with Crippen molar-refractivity contribution in [3.63, 3.8) is 0 Å². The van der Waals surface area contributed by atoms with Crippen LogP contribution in [0.2, 0.25) is 0 Å². The number of H-pyrrole nitrogens is 1. The number of carbonyl (C=O) groups excluding carboxylic acids is 1. The van der Waals surface area contributed by atoms with E-state index in [1.54, 1.807) is 29.7 Å². The van der Waals surface area contributed by atoms with E-state index in [1.165, 1.54) is 5.56 Å². The van der Waals surface area contributed by atoms with Gasteiger partial charge in [-0.1, -0.05) is 18.2 Å². The number of aromatic amines is 1. The monoisotopic (exact) mass is 332 g/mol. The highest BCUT2D eigenvalue weighted by Crippen LogP contribution is 2.40. The summed E-state index contributed by atoms with van der Waals surface area (Å²) in [5.41, 5.74) is 3.30. The summed E-state index contributed by atoms with van der Waals surface area (Å²) < 4.78 is 0. The van der Waals surface area contributed by atoms with E-state index in [0.717, 1.165) is 29.8 Å². The quantitative estimate of drug-likeness (QED) is 0.750. The third kappa shape index (κ3) is 2.12. The second kappa shape index (κ2) is 5.14. The fourth-order valence-corrected chi connectivity index (χ4v) is 3.69. The Morgan fingerprint density at radius 1 is 1.12 bits per heavy atom. The van der Waals surface area contributed by atoms with Gasteiger partial charge < -0.3 is 5.32 Å². The molecule has 0 radical (unpaired) electrons. The zero-order valence-corrected chi connectivity index (χ0v) is 13.4. The first-order valence-electron chi connectivity index (χ1n) is 8.24. The highest BCUT2D eigenvalue weighted by molar-refractivity contribution is 6.05. The van der Waals surface area contributed by atoms with Crippen molar-refractivity contribution in [2.75, 3.05) is 16.8 Å². The minimum Gasteiger partial charge on any atom is -0.371 e. The van der Waals surface area contributed by atoms with E-state index in [2.05, 4.69) is 31.5 Å². The van der Waals surface area contributed by atoms with Crippen molar-refractivity contribution in [1.82, 2.24) is 20.2 Å². The van der Waals surface area contributed by atoms with E-state index in [-0.39, 0.29) is 5.91 Å². The predicted octanol–water partition coefficient (Wildman–Crippen LogP) is 2.01. The zero-order valence-electron chi connectivity index (χ0n) is 13.4. The van der Waals surface area contributed by atoms with E-state index >= 15 is 0 Å². The van der Waals surface area contributed by atoms with Crippen LogP contribution in [-0.2, 0) is 11.2 Å². The molecular weight excluding hydrogens is 316 g/mol. The number of aromatic nitrogens is 4. The smallest absolute Gasteiger partial charge is 0.254 e. The van der Waals surface area contributed by atoms with Gasteiger partial charge in [0, 0.05) is 30.4 Å². The lowest BCUT2D eigenvalue weighted by Gasteiger charge is -2.23. The molecule has 2 N–H and O–H groups in total. The number of hydrogen-bond donors (Lipinski definition) is 2. The summed E-state index contributed by atoms with van der Waals surface area (Å²) in [6.45, 7) is 0.638. The molecule has 0 bridgehead atoms.